The van der Waals surface area contributed by atoms with Gasteiger partial charge in [-0.2, -0.15) is 0 Å². The third kappa shape index (κ3) is 6.02. The molecule has 156 valence electrons. The zero-order valence-corrected chi connectivity index (χ0v) is 17.3. The maximum atomic E-state index is 12.4. The van der Waals surface area contributed by atoms with Crippen LogP contribution in [0.4, 0.5) is 5.13 Å². The van der Waals surface area contributed by atoms with Crippen LogP contribution in [0.5, 0.6) is 0 Å². The number of nitrogens with one attached hydrogen (secondary N) is 2. The lowest BCUT2D eigenvalue weighted by Gasteiger charge is -2.21. The number of aromatic nitrogens is 1. The van der Waals surface area contributed by atoms with Crippen molar-refractivity contribution in [1.82, 2.24) is 15.2 Å². The van der Waals surface area contributed by atoms with Gasteiger partial charge in [-0.1, -0.05) is 30.3 Å². The van der Waals surface area contributed by atoms with E-state index in [1.54, 1.807) is 22.4 Å². The first kappa shape index (κ1) is 21.3. The molecule has 2 heterocycles. The summed E-state index contributed by atoms with van der Waals surface area (Å²) in [5.74, 6) is -0.694. The molecule has 0 aliphatic rings. The monoisotopic (exact) mass is 426 g/mol. The van der Waals surface area contributed by atoms with Gasteiger partial charge in [0.15, 0.2) is 10.9 Å². The van der Waals surface area contributed by atoms with Crippen molar-refractivity contribution < 1.29 is 18.8 Å². The van der Waals surface area contributed by atoms with Gasteiger partial charge in [0.1, 0.15) is 0 Å². The van der Waals surface area contributed by atoms with E-state index in [-0.39, 0.29) is 30.5 Å². The summed E-state index contributed by atoms with van der Waals surface area (Å²) in [6.07, 6.45) is 1.43. The summed E-state index contributed by atoms with van der Waals surface area (Å²) >= 11 is 1.21. The number of benzene rings is 1. The minimum atomic E-state index is -0.408. The molecule has 0 atom stereocenters. The molecule has 0 aliphatic carbocycles. The molecule has 9 heteroatoms. The molecular weight excluding hydrogens is 404 g/mol. The lowest BCUT2D eigenvalue weighted by atomic mass is 10.2. The Balaban J connectivity index is 1.45. The van der Waals surface area contributed by atoms with Crippen molar-refractivity contribution in [3.8, 4) is 0 Å². The number of thiazole rings is 1. The smallest absolute Gasteiger partial charge is 0.293 e. The fourth-order valence-corrected chi connectivity index (χ4v) is 3.41. The molecule has 3 amide bonds. The highest BCUT2D eigenvalue weighted by Crippen LogP contribution is 2.17. The van der Waals surface area contributed by atoms with Gasteiger partial charge in [0, 0.05) is 18.5 Å². The van der Waals surface area contributed by atoms with Gasteiger partial charge in [-0.15, -0.1) is 11.3 Å². The number of hydrogen-bond acceptors (Lipinski definition) is 6. The molecule has 2 N–H and O–H groups in total. The molecule has 8 nitrogen and oxygen atoms in total. The summed E-state index contributed by atoms with van der Waals surface area (Å²) in [5, 5.41) is 7.31. The van der Waals surface area contributed by atoms with Crippen LogP contribution in [-0.4, -0.2) is 40.7 Å². The van der Waals surface area contributed by atoms with Crippen LogP contribution in [0, 0.1) is 0 Å². The first-order valence-corrected chi connectivity index (χ1v) is 10.3. The molecule has 0 bridgehead atoms. The lowest BCUT2D eigenvalue weighted by Crippen LogP contribution is -2.40. The number of rotatable bonds is 9. The average molecular weight is 426 g/mol. The van der Waals surface area contributed by atoms with Crippen LogP contribution in [0.3, 0.4) is 0 Å². The number of furan rings is 1. The average Bonchev–Trinajstić information content (AvgIpc) is 3.43. The first-order valence-electron chi connectivity index (χ1n) is 9.42. The molecule has 0 saturated carbocycles. The van der Waals surface area contributed by atoms with E-state index in [2.05, 4.69) is 15.6 Å². The van der Waals surface area contributed by atoms with Crippen molar-refractivity contribution in [3.63, 3.8) is 0 Å². The van der Waals surface area contributed by atoms with Gasteiger partial charge in [-0.3, -0.25) is 19.7 Å². The number of anilines is 1. The van der Waals surface area contributed by atoms with E-state index in [0.717, 1.165) is 5.56 Å². The van der Waals surface area contributed by atoms with Crippen LogP contribution in [0.1, 0.15) is 28.7 Å². The van der Waals surface area contributed by atoms with Crippen molar-refractivity contribution in [1.29, 1.82) is 0 Å². The third-order valence-electron chi connectivity index (χ3n) is 4.25. The van der Waals surface area contributed by atoms with Crippen molar-refractivity contribution in [2.24, 2.45) is 0 Å². The number of carbonyl (C=O) groups is 3. The minimum Gasteiger partial charge on any atom is -0.459 e. The molecule has 30 heavy (non-hydrogen) atoms. The van der Waals surface area contributed by atoms with E-state index in [1.165, 1.54) is 17.6 Å². The summed E-state index contributed by atoms with van der Waals surface area (Å²) in [6, 6.07) is 12.9. The van der Waals surface area contributed by atoms with Crippen molar-refractivity contribution in [2.75, 3.05) is 18.4 Å². The van der Waals surface area contributed by atoms with Gasteiger partial charge < -0.3 is 14.6 Å². The lowest BCUT2D eigenvalue weighted by molar-refractivity contribution is -0.133. The molecule has 0 saturated heterocycles. The Morgan fingerprint density at radius 1 is 1.13 bits per heavy atom. The summed E-state index contributed by atoms with van der Waals surface area (Å²) in [5.41, 5.74) is 1.54. The van der Waals surface area contributed by atoms with Gasteiger partial charge in [0.2, 0.25) is 11.8 Å². The highest BCUT2D eigenvalue weighted by molar-refractivity contribution is 7.14. The second-order valence-corrected chi connectivity index (χ2v) is 7.28. The van der Waals surface area contributed by atoms with Crippen LogP contribution < -0.4 is 10.6 Å². The molecule has 3 rings (SSSR count). The van der Waals surface area contributed by atoms with Crippen LogP contribution >= 0.6 is 11.3 Å². The second kappa shape index (κ2) is 10.4. The standard InChI is InChI=1S/C21H22N4O4S/c1-2-25(13-15-7-4-3-5-8-15)19(27)12-22-18(26)11-16-14-30-21(23-16)24-20(28)17-9-6-10-29-17/h3-10,14H,2,11-13H2,1H3,(H,22,26)(H,23,24,28). The summed E-state index contributed by atoms with van der Waals surface area (Å²) < 4.78 is 5.02. The quantitative estimate of drug-likeness (QED) is 0.547. The third-order valence-corrected chi connectivity index (χ3v) is 5.05. The molecular formula is C21H22N4O4S. The van der Waals surface area contributed by atoms with Gasteiger partial charge in [-0.05, 0) is 24.6 Å². The first-order chi connectivity index (χ1) is 14.5. The molecule has 0 spiro atoms. The number of amides is 3. The van der Waals surface area contributed by atoms with Gasteiger partial charge in [0.05, 0.1) is 24.9 Å². The maximum absolute atomic E-state index is 12.4. The van der Waals surface area contributed by atoms with E-state index < -0.39 is 5.91 Å². The molecule has 1 aromatic carbocycles. The van der Waals surface area contributed by atoms with Crippen LogP contribution in [0.15, 0.2) is 58.5 Å². The van der Waals surface area contributed by atoms with Gasteiger partial charge >= 0.3 is 0 Å². The number of likely N-dealkylation sites (N-methyl/N-ethyl adjacent to an activating group) is 1. The largest absolute Gasteiger partial charge is 0.459 e. The molecule has 0 fully saturated rings. The Labute approximate surface area is 177 Å². The zero-order valence-electron chi connectivity index (χ0n) is 16.5. The SMILES string of the molecule is CCN(Cc1ccccc1)C(=O)CNC(=O)Cc1csc(NC(=O)c2ccco2)n1. The molecule has 2 aromatic heterocycles. The van der Waals surface area contributed by atoms with E-state index in [4.69, 9.17) is 4.42 Å². The van der Waals surface area contributed by atoms with Crippen molar-refractivity contribution in [2.45, 2.75) is 19.9 Å². The zero-order chi connectivity index (χ0) is 21.3. The van der Waals surface area contributed by atoms with E-state index in [9.17, 15) is 14.4 Å². The predicted molar refractivity (Wildman–Crippen MR) is 113 cm³/mol. The Kier molecular flexibility index (Phi) is 7.34. The Morgan fingerprint density at radius 3 is 2.63 bits per heavy atom. The van der Waals surface area contributed by atoms with Crippen LogP contribution in [0.25, 0.3) is 0 Å². The Bertz CT molecular complexity index is 986. The van der Waals surface area contributed by atoms with E-state index in [1.807, 2.05) is 37.3 Å². The van der Waals surface area contributed by atoms with Gasteiger partial charge in [-0.25, -0.2) is 4.98 Å². The van der Waals surface area contributed by atoms with Crippen LogP contribution in [0.2, 0.25) is 0 Å². The fraction of sp³-hybridized carbons (Fsp3) is 0.238. The topological polar surface area (TPSA) is 105 Å². The molecule has 0 radical (unpaired) electrons. The normalized spacial score (nSPS) is 10.4. The number of nitrogens with zero attached hydrogens (tertiary/aromatic N) is 2. The summed E-state index contributed by atoms with van der Waals surface area (Å²) in [4.78, 5) is 42.5. The maximum Gasteiger partial charge on any atom is 0.293 e. The second-order valence-electron chi connectivity index (χ2n) is 6.42. The minimum absolute atomic E-state index is 0.0191. The summed E-state index contributed by atoms with van der Waals surface area (Å²) in [7, 11) is 0. The highest BCUT2D eigenvalue weighted by Gasteiger charge is 2.15. The highest BCUT2D eigenvalue weighted by atomic mass is 32.1. The molecule has 0 unspecified atom stereocenters. The predicted octanol–water partition coefficient (Wildman–Crippen LogP) is 2.70. The number of hydrogen-bond donors (Lipinski definition) is 2. The van der Waals surface area contributed by atoms with Crippen molar-refractivity contribution in [3.05, 3.63) is 71.1 Å². The van der Waals surface area contributed by atoms with Gasteiger partial charge in [0.25, 0.3) is 5.91 Å². The van der Waals surface area contributed by atoms with Crippen molar-refractivity contribution >= 4 is 34.2 Å². The molecule has 3 aromatic rings. The Hall–Kier alpha value is -3.46. The summed E-state index contributed by atoms with van der Waals surface area (Å²) in [6.45, 7) is 2.87. The van der Waals surface area contributed by atoms with Crippen LogP contribution in [-0.2, 0) is 22.6 Å². The van der Waals surface area contributed by atoms with E-state index in [0.29, 0.717) is 23.9 Å². The molecule has 0 aliphatic heterocycles. The number of carbonyl (C=O) groups excluding carboxylic acids is 3. The Morgan fingerprint density at radius 2 is 1.93 bits per heavy atom. The fourth-order valence-electron chi connectivity index (χ4n) is 2.71. The van der Waals surface area contributed by atoms with E-state index >= 15 is 0 Å².